The van der Waals surface area contributed by atoms with Crippen LogP contribution in [0.25, 0.3) is 0 Å². The van der Waals surface area contributed by atoms with Gasteiger partial charge in [-0.1, -0.05) is 28.1 Å². The van der Waals surface area contributed by atoms with E-state index in [-0.39, 0.29) is 17.7 Å². The average Bonchev–Trinajstić information content (AvgIpc) is 3.55. The minimum Gasteiger partial charge on any atom is -0.493 e. The van der Waals surface area contributed by atoms with Gasteiger partial charge in [0.25, 0.3) is 0 Å². The molecule has 0 saturated heterocycles. The quantitative estimate of drug-likeness (QED) is 0.536. The van der Waals surface area contributed by atoms with E-state index in [0.29, 0.717) is 23.8 Å². The van der Waals surface area contributed by atoms with Gasteiger partial charge in [0.05, 0.1) is 7.11 Å². The number of rotatable bonds is 7. The Kier molecular flexibility index (Phi) is 5.81. The first kappa shape index (κ1) is 19.5. The molecule has 6 heteroatoms. The van der Waals surface area contributed by atoms with Gasteiger partial charge in [-0.05, 0) is 59.9 Å². The second-order valence-electron chi connectivity index (χ2n) is 7.00. The van der Waals surface area contributed by atoms with Crippen LogP contribution in [0.4, 0.5) is 5.69 Å². The Labute approximate surface area is 178 Å². The average molecular weight is 453 g/mol. The zero-order valence-corrected chi connectivity index (χ0v) is 17.6. The second-order valence-corrected chi connectivity index (χ2v) is 7.91. The third kappa shape index (κ3) is 4.77. The number of amides is 1. The number of nitrogens with zero attached hydrogens (tertiary/aromatic N) is 1. The summed E-state index contributed by atoms with van der Waals surface area (Å²) in [5.74, 6) is 1.52. The van der Waals surface area contributed by atoms with E-state index in [1.807, 2.05) is 30.3 Å². The zero-order chi connectivity index (χ0) is 20.2. The smallest absolute Gasteiger partial charge is 0.228 e. The van der Waals surface area contributed by atoms with Crippen LogP contribution in [0, 0.1) is 5.92 Å². The maximum Gasteiger partial charge on any atom is 0.228 e. The van der Waals surface area contributed by atoms with Gasteiger partial charge in [0, 0.05) is 34.5 Å². The van der Waals surface area contributed by atoms with Crippen LogP contribution in [-0.4, -0.2) is 18.0 Å². The lowest BCUT2D eigenvalue weighted by Gasteiger charge is -2.13. The summed E-state index contributed by atoms with van der Waals surface area (Å²) in [5, 5.41) is 3.01. The fraction of sp³-hybridized carbons (Fsp3) is 0.217. The summed E-state index contributed by atoms with van der Waals surface area (Å²) in [4.78, 5) is 16.7. The van der Waals surface area contributed by atoms with Crippen molar-refractivity contribution in [3.8, 4) is 11.5 Å². The molecule has 0 aliphatic heterocycles. The van der Waals surface area contributed by atoms with Gasteiger partial charge in [-0.25, -0.2) is 0 Å². The highest BCUT2D eigenvalue weighted by Crippen LogP contribution is 2.48. The number of anilines is 1. The SMILES string of the molecule is COc1ccc(NC(=O)C2CC2c2ccc(Br)cc2)cc1OCc1ccncc1. The molecule has 2 aromatic carbocycles. The number of aromatic nitrogens is 1. The van der Waals surface area contributed by atoms with Crippen molar-refractivity contribution in [2.45, 2.75) is 18.9 Å². The lowest BCUT2D eigenvalue weighted by atomic mass is 10.1. The lowest BCUT2D eigenvalue weighted by molar-refractivity contribution is -0.117. The Morgan fingerprint density at radius 2 is 1.86 bits per heavy atom. The van der Waals surface area contributed by atoms with E-state index >= 15 is 0 Å². The summed E-state index contributed by atoms with van der Waals surface area (Å²) in [5.41, 5.74) is 2.90. The standard InChI is InChI=1S/C23H21BrN2O3/c1-28-21-7-6-18(12-22(21)29-14-15-8-10-25-11-9-15)26-23(27)20-13-19(20)16-2-4-17(24)5-3-16/h2-12,19-20H,13-14H2,1H3,(H,26,27). The minimum absolute atomic E-state index is 0.000496. The highest BCUT2D eigenvalue weighted by atomic mass is 79.9. The van der Waals surface area contributed by atoms with E-state index in [9.17, 15) is 4.79 Å². The summed E-state index contributed by atoms with van der Waals surface area (Å²) in [7, 11) is 1.60. The molecule has 3 aromatic rings. The molecule has 2 atom stereocenters. The first-order valence-electron chi connectivity index (χ1n) is 9.40. The molecule has 1 N–H and O–H groups in total. The predicted octanol–water partition coefficient (Wildman–Crippen LogP) is 5.17. The number of methoxy groups -OCH3 is 1. The molecule has 148 valence electrons. The molecule has 1 aliphatic rings. The Morgan fingerprint density at radius 1 is 1.10 bits per heavy atom. The van der Waals surface area contributed by atoms with E-state index in [1.54, 1.807) is 31.6 Å². The van der Waals surface area contributed by atoms with Gasteiger partial charge >= 0.3 is 0 Å². The molecule has 1 aromatic heterocycles. The van der Waals surface area contributed by atoms with Gasteiger partial charge in [0.1, 0.15) is 6.61 Å². The van der Waals surface area contributed by atoms with Crippen molar-refractivity contribution in [3.63, 3.8) is 0 Å². The van der Waals surface area contributed by atoms with E-state index in [0.717, 1.165) is 16.5 Å². The number of carbonyl (C=O) groups excluding carboxylic acids is 1. The molecule has 2 unspecified atom stereocenters. The molecule has 29 heavy (non-hydrogen) atoms. The van der Waals surface area contributed by atoms with E-state index in [4.69, 9.17) is 9.47 Å². The number of nitrogens with one attached hydrogen (secondary N) is 1. The maximum absolute atomic E-state index is 12.7. The minimum atomic E-state index is -0.000496. The van der Waals surface area contributed by atoms with Gasteiger partial charge in [-0.3, -0.25) is 9.78 Å². The highest BCUT2D eigenvalue weighted by Gasteiger charge is 2.43. The van der Waals surface area contributed by atoms with Crippen LogP contribution in [0.5, 0.6) is 11.5 Å². The van der Waals surface area contributed by atoms with Crippen LogP contribution in [0.3, 0.4) is 0 Å². The molecule has 1 amide bonds. The topological polar surface area (TPSA) is 60.5 Å². The Hall–Kier alpha value is -2.86. The Bertz CT molecular complexity index is 993. The fourth-order valence-electron chi connectivity index (χ4n) is 3.31. The van der Waals surface area contributed by atoms with Crippen molar-refractivity contribution in [1.82, 2.24) is 4.98 Å². The third-order valence-electron chi connectivity index (χ3n) is 5.00. The molecular weight excluding hydrogens is 432 g/mol. The van der Waals surface area contributed by atoms with Crippen LogP contribution < -0.4 is 14.8 Å². The van der Waals surface area contributed by atoms with Crippen molar-refractivity contribution in [2.75, 3.05) is 12.4 Å². The highest BCUT2D eigenvalue weighted by molar-refractivity contribution is 9.10. The summed E-state index contributed by atoms with van der Waals surface area (Å²) >= 11 is 3.44. The molecule has 1 aliphatic carbocycles. The zero-order valence-electron chi connectivity index (χ0n) is 16.0. The lowest BCUT2D eigenvalue weighted by Crippen LogP contribution is -2.14. The maximum atomic E-state index is 12.7. The van der Waals surface area contributed by atoms with Gasteiger partial charge in [0.15, 0.2) is 11.5 Å². The molecule has 1 fully saturated rings. The first-order chi connectivity index (χ1) is 14.1. The van der Waals surface area contributed by atoms with Crippen molar-refractivity contribution in [1.29, 1.82) is 0 Å². The van der Waals surface area contributed by atoms with Gasteiger partial charge < -0.3 is 14.8 Å². The number of hydrogen-bond acceptors (Lipinski definition) is 4. The molecule has 5 nitrogen and oxygen atoms in total. The summed E-state index contributed by atoms with van der Waals surface area (Å²) < 4.78 is 12.3. The molecule has 1 saturated carbocycles. The van der Waals surface area contributed by atoms with Gasteiger partial charge in [-0.15, -0.1) is 0 Å². The van der Waals surface area contributed by atoms with E-state index < -0.39 is 0 Å². The second kappa shape index (κ2) is 8.66. The molecule has 0 spiro atoms. The normalized spacial score (nSPS) is 17.4. The number of benzene rings is 2. The monoisotopic (exact) mass is 452 g/mol. The number of hydrogen-bond donors (Lipinski definition) is 1. The molecule has 1 heterocycles. The Morgan fingerprint density at radius 3 is 2.59 bits per heavy atom. The summed E-state index contributed by atoms with van der Waals surface area (Å²) in [6.07, 6.45) is 4.32. The third-order valence-corrected chi connectivity index (χ3v) is 5.53. The molecule has 4 rings (SSSR count). The van der Waals surface area contributed by atoms with E-state index in [2.05, 4.69) is 38.4 Å². The number of pyridine rings is 1. The van der Waals surface area contributed by atoms with Crippen LogP contribution >= 0.6 is 15.9 Å². The predicted molar refractivity (Wildman–Crippen MR) is 115 cm³/mol. The molecule has 0 bridgehead atoms. The van der Waals surface area contributed by atoms with Crippen molar-refractivity contribution < 1.29 is 14.3 Å². The van der Waals surface area contributed by atoms with Gasteiger partial charge in [0.2, 0.25) is 5.91 Å². The first-order valence-corrected chi connectivity index (χ1v) is 10.2. The van der Waals surface area contributed by atoms with Crippen LogP contribution in [0.2, 0.25) is 0 Å². The number of carbonyl (C=O) groups is 1. The van der Waals surface area contributed by atoms with Crippen LogP contribution in [0.15, 0.2) is 71.5 Å². The number of ether oxygens (including phenoxy) is 2. The summed E-state index contributed by atoms with van der Waals surface area (Å²) in [6.45, 7) is 0.393. The Balaban J connectivity index is 1.41. The fourth-order valence-corrected chi connectivity index (χ4v) is 3.57. The summed E-state index contributed by atoms with van der Waals surface area (Å²) in [6, 6.07) is 17.4. The van der Waals surface area contributed by atoms with Crippen molar-refractivity contribution in [3.05, 3.63) is 82.6 Å². The van der Waals surface area contributed by atoms with Crippen molar-refractivity contribution in [2.24, 2.45) is 5.92 Å². The number of halogens is 1. The van der Waals surface area contributed by atoms with Crippen LogP contribution in [-0.2, 0) is 11.4 Å². The molecule has 0 radical (unpaired) electrons. The van der Waals surface area contributed by atoms with Crippen molar-refractivity contribution >= 4 is 27.5 Å². The largest absolute Gasteiger partial charge is 0.493 e. The van der Waals surface area contributed by atoms with E-state index in [1.165, 1.54) is 5.56 Å². The molecular formula is C23H21BrN2O3. The van der Waals surface area contributed by atoms with Gasteiger partial charge in [-0.2, -0.15) is 0 Å². The van der Waals surface area contributed by atoms with Crippen LogP contribution in [0.1, 0.15) is 23.5 Å².